The smallest absolute Gasteiger partial charge is 0.209 e. The summed E-state index contributed by atoms with van der Waals surface area (Å²) < 4.78 is 0. The van der Waals surface area contributed by atoms with Gasteiger partial charge in [0.15, 0.2) is 0 Å². The van der Waals surface area contributed by atoms with Crippen LogP contribution in [0.1, 0.15) is 49.7 Å². The number of benzene rings is 1. The van der Waals surface area contributed by atoms with Crippen molar-refractivity contribution in [3.63, 3.8) is 0 Å². The Morgan fingerprint density at radius 2 is 1.92 bits per heavy atom. The summed E-state index contributed by atoms with van der Waals surface area (Å²) in [6.45, 7) is 5.01. The quantitative estimate of drug-likeness (QED) is 0.801. The SMILES string of the molecule is O=CN1CCCC(C2CC(O)(c3ccc(CN4CCCC4)cc3Cl)C2)C1. The van der Waals surface area contributed by atoms with Crippen LogP contribution in [-0.2, 0) is 16.9 Å². The lowest BCUT2D eigenvalue weighted by atomic mass is 9.61. The summed E-state index contributed by atoms with van der Waals surface area (Å²) in [5.74, 6) is 1.01. The largest absolute Gasteiger partial charge is 0.385 e. The summed E-state index contributed by atoms with van der Waals surface area (Å²) in [6, 6.07) is 6.19. The number of piperidine rings is 1. The number of halogens is 1. The molecule has 0 aromatic heterocycles. The van der Waals surface area contributed by atoms with Gasteiger partial charge < -0.3 is 10.0 Å². The maximum atomic E-state index is 11.1. The second-order valence-corrected chi connectivity index (χ2v) is 8.91. The van der Waals surface area contributed by atoms with E-state index in [9.17, 15) is 9.90 Å². The van der Waals surface area contributed by atoms with Crippen molar-refractivity contribution in [2.24, 2.45) is 11.8 Å². The minimum absolute atomic E-state index is 0.489. The van der Waals surface area contributed by atoms with Crippen LogP contribution in [0.25, 0.3) is 0 Å². The zero-order valence-electron chi connectivity index (χ0n) is 15.4. The van der Waals surface area contributed by atoms with Crippen molar-refractivity contribution in [3.05, 3.63) is 34.3 Å². The summed E-state index contributed by atoms with van der Waals surface area (Å²) >= 11 is 6.56. The molecule has 0 spiro atoms. The minimum atomic E-state index is -0.794. The predicted octanol–water partition coefficient (Wildman–Crippen LogP) is 3.40. The van der Waals surface area contributed by atoms with Gasteiger partial charge in [-0.25, -0.2) is 0 Å². The fraction of sp³-hybridized carbons (Fsp3) is 0.667. The molecule has 2 heterocycles. The van der Waals surface area contributed by atoms with E-state index in [-0.39, 0.29) is 0 Å². The van der Waals surface area contributed by atoms with Crippen LogP contribution < -0.4 is 0 Å². The van der Waals surface area contributed by atoms with E-state index in [1.807, 2.05) is 17.0 Å². The molecule has 0 radical (unpaired) electrons. The Morgan fingerprint density at radius 1 is 1.15 bits per heavy atom. The van der Waals surface area contributed by atoms with Crippen LogP contribution >= 0.6 is 11.6 Å². The summed E-state index contributed by atoms with van der Waals surface area (Å²) in [6.07, 6.45) is 7.29. The first-order valence-corrected chi connectivity index (χ1v) is 10.4. The fourth-order valence-corrected chi connectivity index (χ4v) is 5.49. The molecule has 1 saturated carbocycles. The van der Waals surface area contributed by atoms with Crippen LogP contribution in [-0.4, -0.2) is 47.5 Å². The Hall–Kier alpha value is -1.10. The molecule has 1 aromatic rings. The predicted molar refractivity (Wildman–Crippen MR) is 103 cm³/mol. The van der Waals surface area contributed by atoms with E-state index >= 15 is 0 Å². The number of carbonyl (C=O) groups is 1. The van der Waals surface area contributed by atoms with Crippen LogP contribution in [0.3, 0.4) is 0 Å². The third-order valence-electron chi connectivity index (χ3n) is 6.64. The van der Waals surface area contributed by atoms with Crippen molar-refractivity contribution in [2.75, 3.05) is 26.2 Å². The zero-order valence-corrected chi connectivity index (χ0v) is 16.1. The van der Waals surface area contributed by atoms with Gasteiger partial charge in [0, 0.05) is 30.2 Å². The van der Waals surface area contributed by atoms with E-state index in [0.29, 0.717) is 16.9 Å². The number of carbonyl (C=O) groups excluding carboxylic acids is 1. The van der Waals surface area contributed by atoms with Gasteiger partial charge in [-0.05, 0) is 75.1 Å². The van der Waals surface area contributed by atoms with Crippen LogP contribution in [0.4, 0.5) is 0 Å². The van der Waals surface area contributed by atoms with Crippen molar-refractivity contribution in [1.82, 2.24) is 9.80 Å². The highest BCUT2D eigenvalue weighted by atomic mass is 35.5. The highest BCUT2D eigenvalue weighted by Gasteiger charge is 2.48. The van der Waals surface area contributed by atoms with Gasteiger partial charge in [-0.2, -0.15) is 0 Å². The maximum Gasteiger partial charge on any atom is 0.209 e. The van der Waals surface area contributed by atoms with Gasteiger partial charge in [0.2, 0.25) is 6.41 Å². The number of rotatable bonds is 5. The van der Waals surface area contributed by atoms with E-state index in [1.165, 1.54) is 31.5 Å². The number of aliphatic hydroxyl groups is 1. The van der Waals surface area contributed by atoms with Gasteiger partial charge in [0.25, 0.3) is 0 Å². The Labute approximate surface area is 161 Å². The molecule has 1 amide bonds. The summed E-state index contributed by atoms with van der Waals surface area (Å²) in [5, 5.41) is 11.8. The van der Waals surface area contributed by atoms with Crippen molar-refractivity contribution in [1.29, 1.82) is 0 Å². The lowest BCUT2D eigenvalue weighted by Crippen LogP contribution is -2.48. The van der Waals surface area contributed by atoms with E-state index in [1.54, 1.807) is 0 Å². The van der Waals surface area contributed by atoms with Gasteiger partial charge in [-0.15, -0.1) is 0 Å². The first-order chi connectivity index (χ1) is 12.6. The Kier molecular flexibility index (Phi) is 5.27. The summed E-state index contributed by atoms with van der Waals surface area (Å²) in [4.78, 5) is 15.4. The Bertz CT molecular complexity index is 653. The molecule has 1 aromatic carbocycles. The molecule has 0 bridgehead atoms. The van der Waals surface area contributed by atoms with Crippen molar-refractivity contribution >= 4 is 18.0 Å². The summed E-state index contributed by atoms with van der Waals surface area (Å²) in [7, 11) is 0. The molecule has 3 fully saturated rings. The number of amides is 1. The van der Waals surface area contributed by atoms with Gasteiger partial charge in [0.1, 0.15) is 0 Å². The number of nitrogens with zero attached hydrogens (tertiary/aromatic N) is 2. The second-order valence-electron chi connectivity index (χ2n) is 8.50. The van der Waals surface area contributed by atoms with Gasteiger partial charge >= 0.3 is 0 Å². The van der Waals surface area contributed by atoms with E-state index in [4.69, 9.17) is 11.6 Å². The number of hydrogen-bond acceptors (Lipinski definition) is 3. The Morgan fingerprint density at radius 3 is 2.62 bits per heavy atom. The first-order valence-electron chi connectivity index (χ1n) is 10.0. The van der Waals surface area contributed by atoms with E-state index in [2.05, 4.69) is 11.0 Å². The molecule has 142 valence electrons. The molecule has 1 unspecified atom stereocenters. The third-order valence-corrected chi connectivity index (χ3v) is 6.96. The molecule has 4 rings (SSSR count). The van der Waals surface area contributed by atoms with Crippen LogP contribution in [0.15, 0.2) is 18.2 Å². The standard InChI is InChI=1S/C21H29ClN2O2/c22-20-10-16(13-23-7-1-2-8-23)5-6-19(20)21(26)11-18(12-21)17-4-3-9-24(14-17)15-25/h5-6,10,15,17-18,26H,1-4,7-9,11-14H2. The molecule has 1 aliphatic carbocycles. The van der Waals surface area contributed by atoms with E-state index in [0.717, 1.165) is 57.3 Å². The minimum Gasteiger partial charge on any atom is -0.385 e. The molecule has 5 heteroatoms. The average molecular weight is 377 g/mol. The van der Waals surface area contributed by atoms with Crippen LogP contribution in [0.5, 0.6) is 0 Å². The van der Waals surface area contributed by atoms with Crippen LogP contribution in [0, 0.1) is 11.8 Å². The summed E-state index contributed by atoms with van der Waals surface area (Å²) in [5.41, 5.74) is 1.31. The molecule has 2 saturated heterocycles. The molecule has 3 aliphatic rings. The normalized spacial score (nSPS) is 32.5. The van der Waals surface area contributed by atoms with Crippen molar-refractivity contribution in [3.8, 4) is 0 Å². The highest BCUT2D eigenvalue weighted by molar-refractivity contribution is 6.31. The Balaban J connectivity index is 1.39. The first kappa shape index (κ1) is 18.3. The third kappa shape index (κ3) is 3.64. The van der Waals surface area contributed by atoms with E-state index < -0.39 is 5.60 Å². The monoisotopic (exact) mass is 376 g/mol. The molecule has 26 heavy (non-hydrogen) atoms. The van der Waals surface area contributed by atoms with Crippen molar-refractivity contribution in [2.45, 2.75) is 50.7 Å². The molecular weight excluding hydrogens is 348 g/mol. The molecular formula is C21H29ClN2O2. The lowest BCUT2D eigenvalue weighted by molar-refractivity contribution is -0.125. The number of hydrogen-bond donors (Lipinski definition) is 1. The van der Waals surface area contributed by atoms with Crippen LogP contribution in [0.2, 0.25) is 5.02 Å². The molecule has 2 aliphatic heterocycles. The van der Waals surface area contributed by atoms with Gasteiger partial charge in [-0.1, -0.05) is 23.7 Å². The maximum absolute atomic E-state index is 11.1. The highest BCUT2D eigenvalue weighted by Crippen LogP contribution is 2.52. The number of likely N-dealkylation sites (tertiary alicyclic amines) is 2. The topological polar surface area (TPSA) is 43.8 Å². The lowest BCUT2D eigenvalue weighted by Gasteiger charge is -2.49. The molecule has 1 atom stereocenters. The fourth-order valence-electron chi connectivity index (χ4n) is 5.12. The zero-order chi connectivity index (χ0) is 18.1. The van der Waals surface area contributed by atoms with Gasteiger partial charge in [-0.3, -0.25) is 9.69 Å². The van der Waals surface area contributed by atoms with Crippen molar-refractivity contribution < 1.29 is 9.90 Å². The second kappa shape index (κ2) is 7.49. The van der Waals surface area contributed by atoms with Gasteiger partial charge in [0.05, 0.1) is 5.60 Å². The molecule has 1 N–H and O–H groups in total. The average Bonchev–Trinajstić information content (AvgIpc) is 3.12. The molecule has 4 nitrogen and oxygen atoms in total.